The van der Waals surface area contributed by atoms with E-state index >= 15 is 4.39 Å². The van der Waals surface area contributed by atoms with Gasteiger partial charge in [0.15, 0.2) is 11.6 Å². The zero-order valence-electron chi connectivity index (χ0n) is 21.1. The van der Waals surface area contributed by atoms with Gasteiger partial charge in [0.05, 0.1) is 6.57 Å². The van der Waals surface area contributed by atoms with E-state index < -0.39 is 11.6 Å². The summed E-state index contributed by atoms with van der Waals surface area (Å²) in [4.78, 5) is 16.5. The van der Waals surface area contributed by atoms with Crippen LogP contribution in [0.15, 0.2) is 42.2 Å². The lowest BCUT2D eigenvalue weighted by atomic mass is 10.1. The highest BCUT2D eigenvalue weighted by Gasteiger charge is 2.25. The van der Waals surface area contributed by atoms with E-state index in [1.165, 1.54) is 6.33 Å². The Kier molecular flexibility index (Phi) is 6.76. The molecule has 0 radical (unpaired) electrons. The van der Waals surface area contributed by atoms with Crippen molar-refractivity contribution in [1.29, 1.82) is 0 Å². The third kappa shape index (κ3) is 4.85. The van der Waals surface area contributed by atoms with Crippen LogP contribution >= 0.6 is 0 Å². The molecule has 1 atom stereocenters. The second kappa shape index (κ2) is 10.1. The Morgan fingerprint density at radius 1 is 1.19 bits per heavy atom. The highest BCUT2D eigenvalue weighted by Crippen LogP contribution is 2.40. The summed E-state index contributed by atoms with van der Waals surface area (Å²) in [5.41, 5.74) is 3.18. The number of aromatic nitrogens is 2. The first-order valence-electron chi connectivity index (χ1n) is 12.3. The number of benzene rings is 2. The van der Waals surface area contributed by atoms with Crippen molar-refractivity contribution in [2.45, 2.75) is 33.2 Å². The molecule has 7 nitrogen and oxygen atoms in total. The molecule has 2 heterocycles. The minimum Gasteiger partial charge on any atom is -0.446 e. The predicted molar refractivity (Wildman–Crippen MR) is 141 cm³/mol. The van der Waals surface area contributed by atoms with E-state index in [9.17, 15) is 4.39 Å². The van der Waals surface area contributed by atoms with Crippen LogP contribution in [0.2, 0.25) is 0 Å². The molecule has 1 fully saturated rings. The molecule has 1 aromatic heterocycles. The number of allylic oxidation sites excluding steroid dienone is 1. The van der Waals surface area contributed by atoms with Crippen LogP contribution in [0.1, 0.15) is 31.9 Å². The number of anilines is 3. The number of ether oxygens (including phenoxy) is 1. The van der Waals surface area contributed by atoms with Crippen LogP contribution < -0.4 is 15.0 Å². The Labute approximate surface area is 215 Å². The van der Waals surface area contributed by atoms with Gasteiger partial charge in [-0.3, -0.25) is 4.90 Å². The molecule has 0 saturated carbocycles. The van der Waals surface area contributed by atoms with Gasteiger partial charge in [0.25, 0.3) is 5.69 Å². The third-order valence-corrected chi connectivity index (χ3v) is 6.94. The summed E-state index contributed by atoms with van der Waals surface area (Å²) in [7, 11) is 0. The van der Waals surface area contributed by atoms with Crippen molar-refractivity contribution in [3.05, 3.63) is 76.4 Å². The van der Waals surface area contributed by atoms with Crippen LogP contribution in [0.3, 0.4) is 0 Å². The average Bonchev–Trinajstić information content (AvgIpc) is 3.30. The van der Waals surface area contributed by atoms with Gasteiger partial charge in [0.1, 0.15) is 18.0 Å². The van der Waals surface area contributed by atoms with Crippen LogP contribution in [0.5, 0.6) is 11.6 Å². The Morgan fingerprint density at radius 3 is 2.68 bits per heavy atom. The quantitative estimate of drug-likeness (QED) is 0.398. The van der Waals surface area contributed by atoms with Crippen LogP contribution in [0.4, 0.5) is 31.7 Å². The molecule has 37 heavy (non-hydrogen) atoms. The molecule has 0 spiro atoms. The summed E-state index contributed by atoms with van der Waals surface area (Å²) in [5.74, 6) is -1.48. The van der Waals surface area contributed by atoms with E-state index in [0.29, 0.717) is 18.0 Å². The van der Waals surface area contributed by atoms with E-state index in [4.69, 9.17) is 11.3 Å². The predicted octanol–water partition coefficient (Wildman–Crippen LogP) is 6.33. The smallest absolute Gasteiger partial charge is 0.288 e. The Hall–Kier alpha value is -4.03. The van der Waals surface area contributed by atoms with Crippen molar-refractivity contribution in [2.75, 3.05) is 36.4 Å². The van der Waals surface area contributed by atoms with Crippen molar-refractivity contribution >= 4 is 29.0 Å². The van der Waals surface area contributed by atoms with Gasteiger partial charge in [-0.15, -0.1) is 0 Å². The molecule has 1 N–H and O–H groups in total. The summed E-state index contributed by atoms with van der Waals surface area (Å²) in [6.45, 7) is 17.9. The van der Waals surface area contributed by atoms with Gasteiger partial charge >= 0.3 is 0 Å². The number of nitrogens with one attached hydrogen (secondary N) is 1. The third-order valence-electron chi connectivity index (χ3n) is 6.94. The molecule has 2 aliphatic rings. The van der Waals surface area contributed by atoms with Crippen molar-refractivity contribution in [3.8, 4) is 11.6 Å². The van der Waals surface area contributed by atoms with Gasteiger partial charge < -0.3 is 15.0 Å². The molecule has 0 bridgehead atoms. The highest BCUT2D eigenvalue weighted by molar-refractivity contribution is 5.76. The van der Waals surface area contributed by atoms with Crippen LogP contribution in [0.25, 0.3) is 10.9 Å². The number of rotatable bonds is 6. The number of hydrogen-bond acceptors (Lipinski definition) is 6. The largest absolute Gasteiger partial charge is 0.446 e. The lowest BCUT2D eigenvalue weighted by Crippen LogP contribution is -2.51. The minimum absolute atomic E-state index is 0.0249. The molecule has 3 aromatic rings. The molecule has 1 saturated heterocycles. The average molecular weight is 503 g/mol. The minimum atomic E-state index is -0.679. The van der Waals surface area contributed by atoms with Gasteiger partial charge in [-0.05, 0) is 51.1 Å². The first kappa shape index (κ1) is 24.7. The fourth-order valence-electron chi connectivity index (χ4n) is 4.97. The molecular formula is C28H28F2N6O. The summed E-state index contributed by atoms with van der Waals surface area (Å²) in [6.07, 6.45) is 3.19. The highest BCUT2D eigenvalue weighted by atomic mass is 19.1. The van der Waals surface area contributed by atoms with Gasteiger partial charge in [0.2, 0.25) is 5.88 Å². The number of nitrogens with zero attached hydrogens (tertiary/aromatic N) is 5. The van der Waals surface area contributed by atoms with Gasteiger partial charge in [0, 0.05) is 54.2 Å². The molecule has 2 aromatic carbocycles. The standard InChI is InChI=1S/C28H28F2N6O/c1-5-35-10-11-36(15-18(35)3)20-8-6-19(7-9-20)34-27-26(31-4)28(33-16-32-27)37-24-14-23(29)21-12-17(2)13-22(21)25(24)30/h6-9,13-14,16,18H,5,10-12,15H2,1-3H3,(H,32,33,34). The normalized spacial score (nSPS) is 17.2. The fraction of sp³-hybridized carbons (Fsp3) is 0.321. The molecule has 5 rings (SSSR count). The van der Waals surface area contributed by atoms with Crippen molar-refractivity contribution < 1.29 is 13.5 Å². The van der Waals surface area contributed by atoms with E-state index in [1.807, 2.05) is 31.2 Å². The van der Waals surface area contributed by atoms with Crippen LogP contribution in [-0.2, 0) is 6.42 Å². The number of piperazine rings is 1. The zero-order valence-corrected chi connectivity index (χ0v) is 21.1. The molecule has 9 heteroatoms. The summed E-state index contributed by atoms with van der Waals surface area (Å²) in [5, 5.41) is 3.13. The summed E-state index contributed by atoms with van der Waals surface area (Å²) < 4.78 is 35.3. The van der Waals surface area contributed by atoms with E-state index in [-0.39, 0.29) is 28.7 Å². The maximum absolute atomic E-state index is 15.1. The first-order valence-corrected chi connectivity index (χ1v) is 12.3. The second-order valence-electron chi connectivity index (χ2n) is 9.42. The maximum atomic E-state index is 15.1. The van der Waals surface area contributed by atoms with Gasteiger partial charge in [-0.1, -0.05) is 18.6 Å². The number of halogens is 2. The summed E-state index contributed by atoms with van der Waals surface area (Å²) >= 11 is 0. The molecule has 190 valence electrons. The lowest BCUT2D eigenvalue weighted by molar-refractivity contribution is 0.199. The SMILES string of the molecule is [C-]#[N+]c1c(Nc2ccc(N3CCN(CC)C(C)C3)cc2)ncnc1Oc1cc(F)c2c(c1F)C=C(C)C2. The van der Waals surface area contributed by atoms with Crippen molar-refractivity contribution in [2.24, 2.45) is 0 Å². The van der Waals surface area contributed by atoms with Gasteiger partial charge in [-0.25, -0.2) is 23.6 Å². The molecule has 1 unspecified atom stereocenters. The van der Waals surface area contributed by atoms with E-state index in [2.05, 4.69) is 43.8 Å². The van der Waals surface area contributed by atoms with Gasteiger partial charge in [-0.2, -0.15) is 0 Å². The lowest BCUT2D eigenvalue weighted by Gasteiger charge is -2.40. The van der Waals surface area contributed by atoms with E-state index in [0.717, 1.165) is 49.2 Å². The summed E-state index contributed by atoms with van der Waals surface area (Å²) in [6, 6.07) is 9.40. The monoisotopic (exact) mass is 502 g/mol. The first-order chi connectivity index (χ1) is 17.9. The number of likely N-dealkylation sites (N-methyl/N-ethyl adjacent to an activating group) is 1. The maximum Gasteiger partial charge on any atom is 0.288 e. The second-order valence-corrected chi connectivity index (χ2v) is 9.42. The zero-order chi connectivity index (χ0) is 26.1. The Bertz CT molecular complexity index is 1400. The number of fused-ring (bicyclic) bond motifs is 1. The van der Waals surface area contributed by atoms with Crippen LogP contribution in [0, 0.1) is 18.2 Å². The molecule has 1 aliphatic heterocycles. The molecule has 1 aliphatic carbocycles. The fourth-order valence-corrected chi connectivity index (χ4v) is 4.97. The van der Waals surface area contributed by atoms with Crippen molar-refractivity contribution in [1.82, 2.24) is 14.9 Å². The topological polar surface area (TPSA) is 57.9 Å². The molecule has 0 amide bonds. The van der Waals surface area contributed by atoms with E-state index in [1.54, 1.807) is 6.08 Å². The Morgan fingerprint density at radius 2 is 1.97 bits per heavy atom. The Balaban J connectivity index is 1.35. The van der Waals surface area contributed by atoms with Crippen molar-refractivity contribution in [3.63, 3.8) is 0 Å². The molecular weight excluding hydrogens is 474 g/mol. The number of hydrogen-bond donors (Lipinski definition) is 1. The van der Waals surface area contributed by atoms with Crippen LogP contribution in [-0.4, -0.2) is 47.1 Å².